The van der Waals surface area contributed by atoms with Crippen molar-refractivity contribution in [1.29, 1.82) is 0 Å². The minimum atomic E-state index is -1.13. The van der Waals surface area contributed by atoms with Gasteiger partial charge in [0.25, 0.3) is 0 Å². The summed E-state index contributed by atoms with van der Waals surface area (Å²) in [5.74, 6) is -1.79. The molecule has 0 radical (unpaired) electrons. The molecule has 0 unspecified atom stereocenters. The van der Waals surface area contributed by atoms with Crippen LogP contribution in [0.2, 0.25) is 0 Å². The number of phenols is 2. The number of allylic oxidation sites excluding steroid dienone is 4. The van der Waals surface area contributed by atoms with Crippen LogP contribution in [0.25, 0.3) is 0 Å². The minimum absolute atomic E-state index is 0.0316. The Morgan fingerprint density at radius 3 is 2.38 bits per heavy atom. The Balaban J connectivity index is 2.83. The minimum Gasteiger partial charge on any atom is -0.504 e. The lowest BCUT2D eigenvalue weighted by Gasteiger charge is -2.07. The molecule has 1 aromatic carbocycles. The molecule has 0 amide bonds. The van der Waals surface area contributed by atoms with Crippen molar-refractivity contribution < 1.29 is 20.1 Å². The van der Waals surface area contributed by atoms with Gasteiger partial charge in [-0.3, -0.25) is 0 Å². The summed E-state index contributed by atoms with van der Waals surface area (Å²) >= 11 is 0. The van der Waals surface area contributed by atoms with Crippen molar-refractivity contribution in [2.24, 2.45) is 0 Å². The lowest BCUT2D eigenvalue weighted by atomic mass is 10.0. The van der Waals surface area contributed by atoms with Crippen LogP contribution in [-0.4, -0.2) is 21.3 Å². The fraction of sp³-hybridized carbons (Fsp3) is 0.353. The fourth-order valence-electron chi connectivity index (χ4n) is 1.93. The summed E-state index contributed by atoms with van der Waals surface area (Å²) in [5, 5.41) is 28.3. The third kappa shape index (κ3) is 5.34. The topological polar surface area (TPSA) is 77.8 Å². The number of benzene rings is 1. The first kappa shape index (κ1) is 16.8. The van der Waals surface area contributed by atoms with Gasteiger partial charge in [0, 0.05) is 5.56 Å². The Kier molecular flexibility index (Phi) is 6.03. The van der Waals surface area contributed by atoms with Gasteiger partial charge in [-0.15, -0.1) is 0 Å². The van der Waals surface area contributed by atoms with Crippen molar-refractivity contribution in [1.82, 2.24) is 0 Å². The van der Waals surface area contributed by atoms with E-state index in [-0.39, 0.29) is 11.3 Å². The number of hydrogen-bond donors (Lipinski definition) is 3. The number of carboxylic acids is 1. The molecule has 0 heterocycles. The van der Waals surface area contributed by atoms with Crippen molar-refractivity contribution in [2.45, 2.75) is 40.0 Å². The van der Waals surface area contributed by atoms with E-state index in [1.54, 1.807) is 0 Å². The predicted octanol–water partition coefficient (Wildman–Crippen LogP) is 4.03. The molecule has 1 aromatic rings. The predicted molar refractivity (Wildman–Crippen MR) is 82.9 cm³/mol. The molecule has 3 N–H and O–H groups in total. The number of phenolic OH excluding ortho intramolecular Hbond substituents is 2. The van der Waals surface area contributed by atoms with Gasteiger partial charge in [-0.2, -0.15) is 0 Å². The van der Waals surface area contributed by atoms with E-state index < -0.39 is 11.7 Å². The molecular formula is C17H22O4. The summed E-state index contributed by atoms with van der Waals surface area (Å²) in [4.78, 5) is 10.9. The fourth-order valence-corrected chi connectivity index (χ4v) is 1.93. The summed E-state index contributed by atoms with van der Waals surface area (Å²) in [6.45, 7) is 6.10. The molecule has 0 aromatic heterocycles. The maximum absolute atomic E-state index is 10.9. The van der Waals surface area contributed by atoms with Crippen molar-refractivity contribution in [3.63, 3.8) is 0 Å². The summed E-state index contributed by atoms with van der Waals surface area (Å²) in [7, 11) is 0. The number of aromatic carboxylic acids is 1. The number of hydrogen-bond acceptors (Lipinski definition) is 3. The highest BCUT2D eigenvalue weighted by Crippen LogP contribution is 2.31. The molecule has 0 bridgehead atoms. The average Bonchev–Trinajstić information content (AvgIpc) is 2.39. The molecule has 0 aliphatic heterocycles. The van der Waals surface area contributed by atoms with Gasteiger partial charge < -0.3 is 15.3 Å². The van der Waals surface area contributed by atoms with Crippen molar-refractivity contribution in [3.05, 3.63) is 46.6 Å². The van der Waals surface area contributed by atoms with E-state index in [1.807, 2.05) is 13.0 Å². The van der Waals surface area contributed by atoms with Crippen molar-refractivity contribution >= 4 is 5.97 Å². The highest BCUT2D eigenvalue weighted by atomic mass is 16.4. The number of carbonyl (C=O) groups is 1. The molecule has 0 spiro atoms. The third-order valence-corrected chi connectivity index (χ3v) is 3.18. The molecule has 1 rings (SSSR count). The Morgan fingerprint density at radius 1 is 1.14 bits per heavy atom. The second kappa shape index (κ2) is 7.53. The molecule has 4 heteroatoms. The Bertz CT molecular complexity index is 579. The van der Waals surface area contributed by atoms with Crippen LogP contribution >= 0.6 is 0 Å². The molecule has 114 valence electrons. The van der Waals surface area contributed by atoms with Crippen LogP contribution in [0.15, 0.2) is 35.4 Å². The zero-order valence-electron chi connectivity index (χ0n) is 12.7. The number of aromatic hydroxyl groups is 2. The molecule has 4 nitrogen and oxygen atoms in total. The van der Waals surface area contributed by atoms with Crippen molar-refractivity contribution in [2.75, 3.05) is 0 Å². The quantitative estimate of drug-likeness (QED) is 0.546. The Morgan fingerprint density at radius 2 is 1.81 bits per heavy atom. The molecule has 0 saturated carbocycles. The molecule has 0 atom stereocenters. The highest BCUT2D eigenvalue weighted by Gasteiger charge is 2.12. The third-order valence-electron chi connectivity index (χ3n) is 3.18. The van der Waals surface area contributed by atoms with E-state index in [1.165, 1.54) is 11.6 Å². The Hall–Kier alpha value is -2.23. The van der Waals surface area contributed by atoms with Crippen LogP contribution in [0.1, 0.15) is 49.5 Å². The summed E-state index contributed by atoms with van der Waals surface area (Å²) in [6, 6.07) is 2.43. The normalized spacial score (nSPS) is 11.3. The Labute approximate surface area is 125 Å². The van der Waals surface area contributed by atoms with Crippen LogP contribution in [-0.2, 0) is 6.42 Å². The van der Waals surface area contributed by atoms with E-state index in [2.05, 4.69) is 19.9 Å². The first-order valence-electron chi connectivity index (χ1n) is 6.88. The van der Waals surface area contributed by atoms with E-state index in [4.69, 9.17) is 5.11 Å². The zero-order valence-corrected chi connectivity index (χ0v) is 12.7. The molecule has 0 aliphatic rings. The average molecular weight is 290 g/mol. The highest BCUT2D eigenvalue weighted by molar-refractivity contribution is 5.89. The number of rotatable bonds is 6. The molecule has 0 fully saturated rings. The summed E-state index contributed by atoms with van der Waals surface area (Å²) in [5.41, 5.74) is 2.82. The van der Waals surface area contributed by atoms with Gasteiger partial charge >= 0.3 is 5.97 Å². The maximum atomic E-state index is 10.9. The van der Waals surface area contributed by atoms with Crippen LogP contribution in [0, 0.1) is 0 Å². The molecule has 0 saturated heterocycles. The van der Waals surface area contributed by atoms with E-state index in [9.17, 15) is 15.0 Å². The molecule has 21 heavy (non-hydrogen) atoms. The summed E-state index contributed by atoms with van der Waals surface area (Å²) in [6.07, 6.45) is 6.36. The summed E-state index contributed by atoms with van der Waals surface area (Å²) < 4.78 is 0. The van der Waals surface area contributed by atoms with E-state index in [0.29, 0.717) is 12.0 Å². The monoisotopic (exact) mass is 290 g/mol. The molecule has 0 aliphatic carbocycles. The van der Waals surface area contributed by atoms with E-state index >= 15 is 0 Å². The van der Waals surface area contributed by atoms with Crippen LogP contribution < -0.4 is 0 Å². The zero-order chi connectivity index (χ0) is 16.0. The second-order valence-electron chi connectivity index (χ2n) is 5.38. The standard InChI is InChI=1S/C17H22O4/c1-11(2)5-4-6-12(3)7-8-13-9-14(17(20)21)10-15(18)16(13)19/h5,7,9-10,18-19H,4,6,8H2,1-3H3,(H,20,21)/b12-7+. The van der Waals surface area contributed by atoms with Crippen LogP contribution in [0.3, 0.4) is 0 Å². The second-order valence-corrected chi connectivity index (χ2v) is 5.38. The lowest BCUT2D eigenvalue weighted by Crippen LogP contribution is -1.98. The van der Waals surface area contributed by atoms with Gasteiger partial charge in [0.15, 0.2) is 11.5 Å². The molecular weight excluding hydrogens is 268 g/mol. The largest absolute Gasteiger partial charge is 0.504 e. The van der Waals surface area contributed by atoms with Gasteiger partial charge in [-0.1, -0.05) is 23.3 Å². The smallest absolute Gasteiger partial charge is 0.335 e. The SMILES string of the molecule is CC(C)=CCC/C(C)=C/Cc1cc(C(=O)O)cc(O)c1O. The first-order valence-corrected chi connectivity index (χ1v) is 6.88. The first-order chi connectivity index (χ1) is 9.81. The maximum Gasteiger partial charge on any atom is 0.335 e. The van der Waals surface area contributed by atoms with Gasteiger partial charge in [-0.05, 0) is 52.2 Å². The van der Waals surface area contributed by atoms with Crippen LogP contribution in [0.4, 0.5) is 0 Å². The van der Waals surface area contributed by atoms with Gasteiger partial charge in [0.05, 0.1) is 5.56 Å². The van der Waals surface area contributed by atoms with Gasteiger partial charge in [-0.25, -0.2) is 4.79 Å². The number of carboxylic acid groups (broad SMARTS) is 1. The van der Waals surface area contributed by atoms with Gasteiger partial charge in [0.1, 0.15) is 0 Å². The van der Waals surface area contributed by atoms with E-state index in [0.717, 1.165) is 24.5 Å². The van der Waals surface area contributed by atoms with Crippen LogP contribution in [0.5, 0.6) is 11.5 Å². The lowest BCUT2D eigenvalue weighted by molar-refractivity contribution is 0.0696. The van der Waals surface area contributed by atoms with Gasteiger partial charge in [0.2, 0.25) is 0 Å². The van der Waals surface area contributed by atoms with Crippen molar-refractivity contribution in [3.8, 4) is 11.5 Å².